The summed E-state index contributed by atoms with van der Waals surface area (Å²) in [7, 11) is 0. The van der Waals surface area contributed by atoms with E-state index in [0.29, 0.717) is 11.8 Å². The zero-order valence-electron chi connectivity index (χ0n) is 15.1. The van der Waals surface area contributed by atoms with Crippen LogP contribution in [0.1, 0.15) is 69.4 Å². The van der Waals surface area contributed by atoms with E-state index >= 15 is 0 Å². The first-order valence-electron chi connectivity index (χ1n) is 9.43. The van der Waals surface area contributed by atoms with Crippen LogP contribution in [0.3, 0.4) is 0 Å². The van der Waals surface area contributed by atoms with Crippen molar-refractivity contribution >= 4 is 5.57 Å². The Hall–Kier alpha value is -1.51. The van der Waals surface area contributed by atoms with Gasteiger partial charge >= 0.3 is 6.18 Å². The quantitative estimate of drug-likeness (QED) is 0.422. The van der Waals surface area contributed by atoms with Gasteiger partial charge in [0.2, 0.25) is 0 Å². The molecule has 0 heterocycles. The standard InChI is InChI=1S/C22H29F3/c1-3-6-17(4-2)7-5-8-18-9-11-19(12-10-18)20-13-15-21(16-14-20)22(23,24)25/h4,11,13-18H,2-3,5-10,12H2,1H3. The van der Waals surface area contributed by atoms with E-state index in [1.807, 2.05) is 0 Å². The van der Waals surface area contributed by atoms with Crippen LogP contribution in [0.5, 0.6) is 0 Å². The largest absolute Gasteiger partial charge is 0.416 e. The molecule has 0 nitrogen and oxygen atoms in total. The first kappa shape index (κ1) is 19.8. The maximum atomic E-state index is 12.6. The molecule has 0 saturated carbocycles. The van der Waals surface area contributed by atoms with Crippen molar-refractivity contribution in [2.75, 3.05) is 0 Å². The highest BCUT2D eigenvalue weighted by atomic mass is 19.4. The second-order valence-electron chi connectivity index (χ2n) is 7.16. The Balaban J connectivity index is 1.83. The third-order valence-corrected chi connectivity index (χ3v) is 5.28. The van der Waals surface area contributed by atoms with E-state index in [-0.39, 0.29) is 0 Å². The monoisotopic (exact) mass is 350 g/mol. The van der Waals surface area contributed by atoms with E-state index in [2.05, 4.69) is 25.7 Å². The predicted molar refractivity (Wildman–Crippen MR) is 99.2 cm³/mol. The van der Waals surface area contributed by atoms with Crippen molar-refractivity contribution in [2.45, 2.75) is 64.5 Å². The Morgan fingerprint density at radius 2 is 1.92 bits per heavy atom. The summed E-state index contributed by atoms with van der Waals surface area (Å²) in [6.45, 7) is 6.14. The van der Waals surface area contributed by atoms with Crippen molar-refractivity contribution < 1.29 is 13.2 Å². The number of alkyl halides is 3. The number of allylic oxidation sites excluding steroid dienone is 3. The van der Waals surface area contributed by atoms with Crippen LogP contribution in [0.4, 0.5) is 13.2 Å². The molecule has 0 fully saturated rings. The first-order valence-corrected chi connectivity index (χ1v) is 9.43. The Bertz CT molecular complexity index is 566. The highest BCUT2D eigenvalue weighted by molar-refractivity contribution is 5.66. The summed E-state index contributed by atoms with van der Waals surface area (Å²) in [4.78, 5) is 0. The van der Waals surface area contributed by atoms with Gasteiger partial charge in [0.15, 0.2) is 0 Å². The average Bonchev–Trinajstić information content (AvgIpc) is 2.61. The van der Waals surface area contributed by atoms with E-state index in [1.165, 1.54) is 49.8 Å². The molecule has 0 bridgehead atoms. The number of hydrogen-bond donors (Lipinski definition) is 0. The third-order valence-electron chi connectivity index (χ3n) is 5.28. The van der Waals surface area contributed by atoms with Crippen LogP contribution in [-0.4, -0.2) is 0 Å². The molecule has 2 rings (SSSR count). The van der Waals surface area contributed by atoms with Crippen molar-refractivity contribution in [2.24, 2.45) is 11.8 Å². The van der Waals surface area contributed by atoms with E-state index in [1.54, 1.807) is 12.1 Å². The molecule has 0 aliphatic heterocycles. The van der Waals surface area contributed by atoms with Crippen molar-refractivity contribution in [1.82, 2.24) is 0 Å². The zero-order valence-corrected chi connectivity index (χ0v) is 15.1. The summed E-state index contributed by atoms with van der Waals surface area (Å²) in [6.07, 6.45) is 9.36. The number of rotatable bonds is 8. The van der Waals surface area contributed by atoms with Crippen LogP contribution in [-0.2, 0) is 6.18 Å². The molecule has 0 radical (unpaired) electrons. The topological polar surface area (TPSA) is 0 Å². The Morgan fingerprint density at radius 3 is 2.44 bits per heavy atom. The van der Waals surface area contributed by atoms with E-state index in [4.69, 9.17) is 0 Å². The van der Waals surface area contributed by atoms with Crippen molar-refractivity contribution in [3.05, 3.63) is 54.1 Å². The summed E-state index contributed by atoms with van der Waals surface area (Å²) >= 11 is 0. The molecule has 3 heteroatoms. The summed E-state index contributed by atoms with van der Waals surface area (Å²) in [5.41, 5.74) is 1.55. The fourth-order valence-electron chi connectivity index (χ4n) is 3.71. The van der Waals surface area contributed by atoms with Gasteiger partial charge < -0.3 is 0 Å². The highest BCUT2D eigenvalue weighted by Crippen LogP contribution is 2.35. The van der Waals surface area contributed by atoms with Gasteiger partial charge in [-0.15, -0.1) is 6.58 Å². The second-order valence-corrected chi connectivity index (χ2v) is 7.16. The van der Waals surface area contributed by atoms with Crippen molar-refractivity contribution in [1.29, 1.82) is 0 Å². The van der Waals surface area contributed by atoms with Gasteiger partial charge in [0, 0.05) is 0 Å². The van der Waals surface area contributed by atoms with Gasteiger partial charge in [0.1, 0.15) is 0 Å². The fraction of sp³-hybridized carbons (Fsp3) is 0.545. The molecule has 138 valence electrons. The van der Waals surface area contributed by atoms with Crippen LogP contribution in [0.25, 0.3) is 5.57 Å². The number of benzene rings is 1. The molecule has 0 amide bonds. The minimum atomic E-state index is -4.26. The Kier molecular flexibility index (Phi) is 7.34. The van der Waals surface area contributed by atoms with Gasteiger partial charge in [-0.2, -0.15) is 13.2 Å². The van der Waals surface area contributed by atoms with Gasteiger partial charge in [0.25, 0.3) is 0 Å². The molecule has 2 unspecified atom stereocenters. The highest BCUT2D eigenvalue weighted by Gasteiger charge is 2.30. The Labute approximate surface area is 149 Å². The summed E-state index contributed by atoms with van der Waals surface area (Å²) in [5, 5.41) is 0. The zero-order chi connectivity index (χ0) is 18.3. The molecule has 0 saturated heterocycles. The lowest BCUT2D eigenvalue weighted by atomic mass is 9.83. The molecular weight excluding hydrogens is 321 g/mol. The molecule has 25 heavy (non-hydrogen) atoms. The van der Waals surface area contributed by atoms with Gasteiger partial charge in [-0.05, 0) is 67.2 Å². The normalized spacial score (nSPS) is 19.4. The fourth-order valence-corrected chi connectivity index (χ4v) is 3.71. The molecule has 1 aliphatic rings. The molecule has 1 aromatic carbocycles. The molecule has 0 N–H and O–H groups in total. The number of halogens is 3. The van der Waals surface area contributed by atoms with E-state index < -0.39 is 11.7 Å². The lowest BCUT2D eigenvalue weighted by Crippen LogP contribution is -2.07. The van der Waals surface area contributed by atoms with Crippen molar-refractivity contribution in [3.63, 3.8) is 0 Å². The SMILES string of the molecule is C=CC(CCC)CCCC1CC=C(c2ccc(C(F)(F)F)cc2)CC1. The van der Waals surface area contributed by atoms with E-state index in [0.717, 1.165) is 24.8 Å². The molecule has 0 aromatic heterocycles. The lowest BCUT2D eigenvalue weighted by molar-refractivity contribution is -0.137. The first-order chi connectivity index (χ1) is 11.9. The van der Waals surface area contributed by atoms with Crippen LogP contribution in [0.2, 0.25) is 0 Å². The second kappa shape index (κ2) is 9.26. The average molecular weight is 350 g/mol. The maximum absolute atomic E-state index is 12.6. The van der Waals surface area contributed by atoms with Crippen LogP contribution < -0.4 is 0 Å². The van der Waals surface area contributed by atoms with Gasteiger partial charge in [-0.25, -0.2) is 0 Å². The molecule has 1 aliphatic carbocycles. The Morgan fingerprint density at radius 1 is 1.20 bits per heavy atom. The molecule has 1 aromatic rings. The van der Waals surface area contributed by atoms with Crippen LogP contribution >= 0.6 is 0 Å². The summed E-state index contributed by atoms with van der Waals surface area (Å²) in [6, 6.07) is 5.58. The minimum Gasteiger partial charge on any atom is -0.166 e. The number of hydrogen-bond acceptors (Lipinski definition) is 0. The predicted octanol–water partition coefficient (Wildman–Crippen LogP) is 7.66. The molecule has 2 atom stereocenters. The van der Waals surface area contributed by atoms with Gasteiger partial charge in [-0.1, -0.05) is 50.5 Å². The maximum Gasteiger partial charge on any atom is 0.416 e. The molecular formula is C22H29F3. The van der Waals surface area contributed by atoms with Crippen molar-refractivity contribution in [3.8, 4) is 0 Å². The van der Waals surface area contributed by atoms with Crippen LogP contribution in [0.15, 0.2) is 43.0 Å². The minimum absolute atomic E-state index is 0.575. The van der Waals surface area contributed by atoms with Gasteiger partial charge in [0.05, 0.1) is 5.56 Å². The summed E-state index contributed by atoms with van der Waals surface area (Å²) < 4.78 is 37.9. The van der Waals surface area contributed by atoms with Crippen LogP contribution in [0, 0.1) is 11.8 Å². The summed E-state index contributed by atoms with van der Waals surface area (Å²) in [5.74, 6) is 1.36. The smallest absolute Gasteiger partial charge is 0.166 e. The third kappa shape index (κ3) is 6.05. The molecule has 0 spiro atoms. The van der Waals surface area contributed by atoms with Gasteiger partial charge in [-0.3, -0.25) is 0 Å². The van der Waals surface area contributed by atoms with E-state index in [9.17, 15) is 13.2 Å². The lowest BCUT2D eigenvalue weighted by Gasteiger charge is -2.23.